The van der Waals surface area contributed by atoms with E-state index in [-0.39, 0.29) is 5.82 Å². The minimum atomic E-state index is -0.232. The van der Waals surface area contributed by atoms with Crippen LogP contribution in [0.4, 0.5) is 4.39 Å². The molecule has 19 heavy (non-hydrogen) atoms. The molecule has 3 nitrogen and oxygen atoms in total. The number of likely N-dealkylation sites (N-methyl/N-ethyl adjacent to an activating group) is 1. The molecule has 1 aromatic carbocycles. The fourth-order valence-electron chi connectivity index (χ4n) is 2.62. The summed E-state index contributed by atoms with van der Waals surface area (Å²) in [6.45, 7) is 5.13. The molecule has 5 heteroatoms. The lowest BCUT2D eigenvalue weighted by Crippen LogP contribution is -2.29. The topological polar surface area (TPSA) is 24.0 Å². The van der Waals surface area contributed by atoms with Gasteiger partial charge in [-0.25, -0.2) is 4.39 Å². The number of H-pyrrole nitrogens is 1. The molecule has 0 bridgehead atoms. The Morgan fingerprint density at radius 3 is 2.95 bits per heavy atom. The highest BCUT2D eigenvalue weighted by Crippen LogP contribution is 2.26. The Bertz CT molecular complexity index is 642. The average Bonchev–Trinajstić information content (AvgIpc) is 3.16. The van der Waals surface area contributed by atoms with Crippen LogP contribution in [-0.4, -0.2) is 33.6 Å². The number of hydrogen-bond acceptors (Lipinski definition) is 2. The van der Waals surface area contributed by atoms with Crippen molar-refractivity contribution in [2.75, 3.05) is 13.1 Å². The van der Waals surface area contributed by atoms with Gasteiger partial charge >= 0.3 is 0 Å². The van der Waals surface area contributed by atoms with Crippen LogP contribution in [0, 0.1) is 10.6 Å². The third-order valence-corrected chi connectivity index (χ3v) is 4.14. The minimum absolute atomic E-state index is 0.232. The highest BCUT2D eigenvalue weighted by Gasteiger charge is 2.27. The number of nitrogens with zero attached hydrogens (tertiary/aromatic N) is 2. The number of rotatable bonds is 5. The van der Waals surface area contributed by atoms with E-state index in [1.807, 2.05) is 0 Å². The summed E-state index contributed by atoms with van der Waals surface area (Å²) in [7, 11) is 0. The maximum atomic E-state index is 13.2. The summed E-state index contributed by atoms with van der Waals surface area (Å²) < 4.78 is 15.9. The van der Waals surface area contributed by atoms with Crippen molar-refractivity contribution in [3.63, 3.8) is 0 Å². The average molecular weight is 279 g/mol. The predicted molar refractivity (Wildman–Crippen MR) is 77.3 cm³/mol. The molecule has 0 saturated heterocycles. The van der Waals surface area contributed by atoms with Gasteiger partial charge in [-0.15, -0.1) is 0 Å². The van der Waals surface area contributed by atoms with Crippen LogP contribution in [0.3, 0.4) is 0 Å². The summed E-state index contributed by atoms with van der Waals surface area (Å²) in [5.41, 5.74) is 1.76. The van der Waals surface area contributed by atoms with Crippen LogP contribution in [0.25, 0.3) is 11.0 Å². The number of aromatic nitrogens is 2. The zero-order chi connectivity index (χ0) is 13.4. The fourth-order valence-corrected chi connectivity index (χ4v) is 2.92. The largest absolute Gasteiger partial charge is 0.330 e. The number of imidazole rings is 1. The molecule has 1 aromatic heterocycles. The highest BCUT2D eigenvalue weighted by atomic mass is 32.1. The number of aromatic amines is 1. The molecular weight excluding hydrogens is 261 g/mol. The first-order chi connectivity index (χ1) is 9.19. The van der Waals surface area contributed by atoms with E-state index in [4.69, 9.17) is 12.2 Å². The minimum Gasteiger partial charge on any atom is -0.330 e. The van der Waals surface area contributed by atoms with Gasteiger partial charge in [-0.3, -0.25) is 4.90 Å². The van der Waals surface area contributed by atoms with Crippen LogP contribution < -0.4 is 0 Å². The van der Waals surface area contributed by atoms with Crippen molar-refractivity contribution in [2.24, 2.45) is 0 Å². The van der Waals surface area contributed by atoms with E-state index < -0.39 is 0 Å². The molecule has 0 amide bonds. The van der Waals surface area contributed by atoms with Gasteiger partial charge < -0.3 is 9.55 Å². The number of nitrogens with one attached hydrogen (secondary N) is 1. The van der Waals surface area contributed by atoms with Crippen molar-refractivity contribution in [1.82, 2.24) is 14.5 Å². The molecule has 0 radical (unpaired) electrons. The Balaban J connectivity index is 1.83. The molecule has 2 aromatic rings. The number of benzene rings is 1. The molecule has 1 N–H and O–H groups in total. The SMILES string of the molecule is CCN(CCn1c(=S)[nH]c2cc(F)ccc21)C1CC1. The Morgan fingerprint density at radius 2 is 2.26 bits per heavy atom. The number of fused-ring (bicyclic) bond motifs is 1. The number of hydrogen-bond donors (Lipinski definition) is 1. The van der Waals surface area contributed by atoms with Crippen LogP contribution in [0.5, 0.6) is 0 Å². The van der Waals surface area contributed by atoms with E-state index in [0.717, 1.165) is 36.7 Å². The van der Waals surface area contributed by atoms with Gasteiger partial charge in [-0.2, -0.15) is 0 Å². The molecule has 102 valence electrons. The summed E-state index contributed by atoms with van der Waals surface area (Å²) in [5, 5.41) is 0. The van der Waals surface area contributed by atoms with E-state index in [1.165, 1.54) is 25.0 Å². The van der Waals surface area contributed by atoms with E-state index in [2.05, 4.69) is 21.4 Å². The molecule has 1 heterocycles. The van der Waals surface area contributed by atoms with E-state index in [0.29, 0.717) is 4.77 Å². The van der Waals surface area contributed by atoms with Crippen molar-refractivity contribution < 1.29 is 4.39 Å². The molecule has 0 atom stereocenters. The molecule has 1 aliphatic rings. The zero-order valence-corrected chi connectivity index (χ0v) is 11.8. The lowest BCUT2D eigenvalue weighted by molar-refractivity contribution is 0.267. The second-order valence-corrected chi connectivity index (χ2v) is 5.49. The van der Waals surface area contributed by atoms with Crippen molar-refractivity contribution in [2.45, 2.75) is 32.4 Å². The van der Waals surface area contributed by atoms with Gasteiger partial charge in [0.15, 0.2) is 4.77 Å². The van der Waals surface area contributed by atoms with Crippen molar-refractivity contribution in [1.29, 1.82) is 0 Å². The van der Waals surface area contributed by atoms with Crippen LogP contribution >= 0.6 is 12.2 Å². The summed E-state index contributed by atoms with van der Waals surface area (Å²) in [4.78, 5) is 5.56. The van der Waals surface area contributed by atoms with Gasteiger partial charge in [0.25, 0.3) is 0 Å². The maximum absolute atomic E-state index is 13.2. The monoisotopic (exact) mass is 279 g/mol. The summed E-state index contributed by atoms with van der Waals surface area (Å²) in [6, 6.07) is 5.55. The fraction of sp³-hybridized carbons (Fsp3) is 0.500. The lowest BCUT2D eigenvalue weighted by atomic mass is 10.3. The van der Waals surface area contributed by atoms with E-state index in [1.54, 1.807) is 6.07 Å². The van der Waals surface area contributed by atoms with Gasteiger partial charge in [0.1, 0.15) is 5.82 Å². The molecule has 0 unspecified atom stereocenters. The first kappa shape index (κ1) is 12.8. The normalized spacial score (nSPS) is 15.5. The molecule has 1 aliphatic carbocycles. The van der Waals surface area contributed by atoms with Crippen LogP contribution in [-0.2, 0) is 6.54 Å². The standard InChI is InChI=1S/C14H18FN3S/c1-2-17(11-4-5-11)7-8-18-13-6-3-10(15)9-12(13)16-14(18)19/h3,6,9,11H,2,4-5,7-8H2,1H3,(H,16,19). The van der Waals surface area contributed by atoms with E-state index >= 15 is 0 Å². The van der Waals surface area contributed by atoms with Crippen LogP contribution in [0.1, 0.15) is 19.8 Å². The molecule has 0 aliphatic heterocycles. The number of halogens is 1. The van der Waals surface area contributed by atoms with Gasteiger partial charge in [-0.05, 0) is 49.8 Å². The quantitative estimate of drug-likeness (QED) is 0.849. The van der Waals surface area contributed by atoms with Crippen molar-refractivity contribution in [3.05, 3.63) is 28.8 Å². The smallest absolute Gasteiger partial charge is 0.178 e. The molecule has 3 rings (SSSR count). The first-order valence-corrected chi connectivity index (χ1v) is 7.22. The Labute approximate surface area is 117 Å². The molecule has 1 fully saturated rings. The summed E-state index contributed by atoms with van der Waals surface area (Å²) >= 11 is 5.33. The summed E-state index contributed by atoms with van der Waals surface area (Å²) in [5.74, 6) is -0.232. The molecule has 0 spiro atoms. The van der Waals surface area contributed by atoms with Crippen LogP contribution in [0.15, 0.2) is 18.2 Å². The Kier molecular flexibility index (Phi) is 3.41. The Morgan fingerprint density at radius 1 is 1.47 bits per heavy atom. The Hall–Kier alpha value is -1.20. The molecule has 1 saturated carbocycles. The van der Waals surface area contributed by atoms with E-state index in [9.17, 15) is 4.39 Å². The van der Waals surface area contributed by atoms with Gasteiger partial charge in [0, 0.05) is 19.1 Å². The molecular formula is C14H18FN3S. The van der Waals surface area contributed by atoms with Gasteiger partial charge in [0.2, 0.25) is 0 Å². The third-order valence-electron chi connectivity index (χ3n) is 3.82. The summed E-state index contributed by atoms with van der Waals surface area (Å²) in [6.07, 6.45) is 2.64. The van der Waals surface area contributed by atoms with Crippen molar-refractivity contribution in [3.8, 4) is 0 Å². The zero-order valence-electron chi connectivity index (χ0n) is 11.0. The lowest BCUT2D eigenvalue weighted by Gasteiger charge is -2.20. The highest BCUT2D eigenvalue weighted by molar-refractivity contribution is 7.71. The van der Waals surface area contributed by atoms with Gasteiger partial charge in [-0.1, -0.05) is 6.92 Å². The second-order valence-electron chi connectivity index (χ2n) is 5.10. The predicted octanol–water partition coefficient (Wildman–Crippen LogP) is 3.32. The third kappa shape index (κ3) is 2.58. The van der Waals surface area contributed by atoms with Gasteiger partial charge in [0.05, 0.1) is 11.0 Å². The van der Waals surface area contributed by atoms with Crippen molar-refractivity contribution >= 4 is 23.3 Å². The van der Waals surface area contributed by atoms with Crippen LogP contribution in [0.2, 0.25) is 0 Å². The first-order valence-electron chi connectivity index (χ1n) is 6.81. The maximum Gasteiger partial charge on any atom is 0.178 e. The second kappa shape index (κ2) is 5.06.